The zero-order chi connectivity index (χ0) is 11.4. The normalized spacial score (nSPS) is 9.88. The van der Waals surface area contributed by atoms with E-state index < -0.39 is 0 Å². The van der Waals surface area contributed by atoms with Crippen LogP contribution in [0.5, 0.6) is 23.0 Å². The van der Waals surface area contributed by atoms with E-state index in [1.807, 2.05) is 0 Å². The molecule has 1 aromatic heterocycles. The van der Waals surface area contributed by atoms with Gasteiger partial charge in [0.2, 0.25) is 0 Å². The fourth-order valence-electron chi connectivity index (χ4n) is 1.26. The van der Waals surface area contributed by atoms with Crippen molar-refractivity contribution in [2.45, 2.75) is 0 Å². The van der Waals surface area contributed by atoms with Crippen LogP contribution < -0.4 is 14.2 Å². The standard InChI is InChI=1S/C12H11O4/c1-13-9-3-4-11(12(7-9)14-2)16-10-5-6-15-8-10/h3-5,7-8H,1-2H3. The maximum Gasteiger partial charge on any atom is 0.173 e. The van der Waals surface area contributed by atoms with E-state index in [-0.39, 0.29) is 0 Å². The van der Waals surface area contributed by atoms with Gasteiger partial charge >= 0.3 is 0 Å². The summed E-state index contributed by atoms with van der Waals surface area (Å²) in [7, 11) is 3.17. The number of benzene rings is 1. The number of furan rings is 1. The Morgan fingerprint density at radius 3 is 2.56 bits per heavy atom. The van der Waals surface area contributed by atoms with E-state index in [1.54, 1.807) is 38.5 Å². The van der Waals surface area contributed by atoms with E-state index in [9.17, 15) is 0 Å². The van der Waals surface area contributed by atoms with Gasteiger partial charge in [-0.05, 0) is 12.1 Å². The molecule has 1 radical (unpaired) electrons. The molecule has 0 aliphatic carbocycles. The number of hydrogen-bond donors (Lipinski definition) is 0. The SMILES string of the molecule is COc1ccc(Oc2c[c]oc2)c(OC)c1. The summed E-state index contributed by atoms with van der Waals surface area (Å²) < 4.78 is 20.6. The molecular formula is C12H11O4. The van der Waals surface area contributed by atoms with Gasteiger partial charge in [-0.15, -0.1) is 0 Å². The lowest BCUT2D eigenvalue weighted by molar-refractivity contribution is 0.367. The summed E-state index contributed by atoms with van der Waals surface area (Å²) in [6, 6.07) is 6.91. The second-order valence-electron chi connectivity index (χ2n) is 3.02. The molecule has 0 fully saturated rings. The van der Waals surface area contributed by atoms with Crippen molar-refractivity contribution in [3.8, 4) is 23.0 Å². The highest BCUT2D eigenvalue weighted by Gasteiger charge is 2.07. The highest BCUT2D eigenvalue weighted by molar-refractivity contribution is 5.47. The van der Waals surface area contributed by atoms with Crippen LogP contribution in [0, 0.1) is 6.26 Å². The van der Waals surface area contributed by atoms with Crippen LogP contribution in [0.4, 0.5) is 0 Å². The van der Waals surface area contributed by atoms with Gasteiger partial charge in [0.25, 0.3) is 0 Å². The van der Waals surface area contributed by atoms with Gasteiger partial charge in [0.15, 0.2) is 23.5 Å². The van der Waals surface area contributed by atoms with Crippen molar-refractivity contribution in [3.05, 3.63) is 36.8 Å². The maximum absolute atomic E-state index is 5.53. The van der Waals surface area contributed by atoms with Gasteiger partial charge in [-0.25, -0.2) is 0 Å². The third-order valence-corrected chi connectivity index (χ3v) is 2.04. The second-order valence-corrected chi connectivity index (χ2v) is 3.02. The molecular weight excluding hydrogens is 208 g/mol. The molecule has 0 aliphatic heterocycles. The molecule has 1 aromatic carbocycles. The van der Waals surface area contributed by atoms with Crippen LogP contribution in [0.3, 0.4) is 0 Å². The summed E-state index contributed by atoms with van der Waals surface area (Å²) in [5, 5.41) is 0. The van der Waals surface area contributed by atoms with Gasteiger partial charge in [0, 0.05) is 12.1 Å². The Hall–Kier alpha value is -2.10. The number of ether oxygens (including phenoxy) is 3. The first-order valence-electron chi connectivity index (χ1n) is 4.68. The van der Waals surface area contributed by atoms with Crippen molar-refractivity contribution < 1.29 is 18.6 Å². The minimum absolute atomic E-state index is 0.573. The number of methoxy groups -OCH3 is 2. The Kier molecular flexibility index (Phi) is 3.00. The van der Waals surface area contributed by atoms with Gasteiger partial charge in [0.1, 0.15) is 12.0 Å². The van der Waals surface area contributed by atoms with Crippen molar-refractivity contribution in [2.24, 2.45) is 0 Å². The number of hydrogen-bond acceptors (Lipinski definition) is 4. The van der Waals surface area contributed by atoms with Gasteiger partial charge in [-0.2, -0.15) is 0 Å². The van der Waals surface area contributed by atoms with Gasteiger partial charge in [0.05, 0.1) is 14.2 Å². The predicted octanol–water partition coefficient (Wildman–Crippen LogP) is 2.89. The average Bonchev–Trinajstić information content (AvgIpc) is 2.82. The van der Waals surface area contributed by atoms with Gasteiger partial charge in [-0.1, -0.05) is 0 Å². The van der Waals surface area contributed by atoms with Crippen molar-refractivity contribution in [1.82, 2.24) is 0 Å². The molecule has 0 saturated heterocycles. The van der Waals surface area contributed by atoms with Crippen LogP contribution in [-0.4, -0.2) is 14.2 Å². The van der Waals surface area contributed by atoms with Gasteiger partial charge in [-0.3, -0.25) is 0 Å². The van der Waals surface area contributed by atoms with E-state index in [0.717, 1.165) is 0 Å². The molecule has 0 saturated carbocycles. The highest BCUT2D eigenvalue weighted by Crippen LogP contribution is 2.34. The quantitative estimate of drug-likeness (QED) is 0.792. The van der Waals surface area contributed by atoms with Crippen LogP contribution in [-0.2, 0) is 0 Å². The molecule has 2 aromatic rings. The first-order chi connectivity index (χ1) is 7.83. The zero-order valence-electron chi connectivity index (χ0n) is 9.02. The molecule has 4 heteroatoms. The molecule has 16 heavy (non-hydrogen) atoms. The topological polar surface area (TPSA) is 40.8 Å². The largest absolute Gasteiger partial charge is 0.497 e. The predicted molar refractivity (Wildman–Crippen MR) is 57.2 cm³/mol. The first kappa shape index (κ1) is 10.4. The Morgan fingerprint density at radius 1 is 1.06 bits per heavy atom. The second kappa shape index (κ2) is 4.61. The maximum atomic E-state index is 5.53. The van der Waals surface area contributed by atoms with Crippen LogP contribution in [0.25, 0.3) is 0 Å². The van der Waals surface area contributed by atoms with Crippen LogP contribution in [0.15, 0.2) is 34.9 Å². The Morgan fingerprint density at radius 2 is 1.94 bits per heavy atom. The summed E-state index contributed by atoms with van der Waals surface area (Å²) in [5.74, 6) is 2.48. The third-order valence-electron chi connectivity index (χ3n) is 2.04. The molecule has 0 N–H and O–H groups in total. The third kappa shape index (κ3) is 2.11. The molecule has 0 amide bonds. The van der Waals surface area contributed by atoms with E-state index >= 15 is 0 Å². The lowest BCUT2D eigenvalue weighted by Gasteiger charge is -2.09. The Labute approximate surface area is 93.4 Å². The highest BCUT2D eigenvalue weighted by atomic mass is 16.5. The van der Waals surface area contributed by atoms with Crippen LogP contribution in [0.2, 0.25) is 0 Å². The lowest BCUT2D eigenvalue weighted by Crippen LogP contribution is -1.91. The monoisotopic (exact) mass is 219 g/mol. The molecule has 0 unspecified atom stereocenters. The molecule has 2 rings (SSSR count). The minimum atomic E-state index is 0.573. The van der Waals surface area contributed by atoms with Crippen LogP contribution >= 0.6 is 0 Å². The van der Waals surface area contributed by atoms with Crippen molar-refractivity contribution in [3.63, 3.8) is 0 Å². The molecule has 83 valence electrons. The smallest absolute Gasteiger partial charge is 0.173 e. The Bertz CT molecular complexity index is 448. The average molecular weight is 219 g/mol. The number of rotatable bonds is 4. The molecule has 0 atom stereocenters. The fourth-order valence-corrected chi connectivity index (χ4v) is 1.26. The molecule has 0 spiro atoms. The minimum Gasteiger partial charge on any atom is -0.497 e. The summed E-state index contributed by atoms with van der Waals surface area (Å²) in [5.41, 5.74) is 0. The zero-order valence-corrected chi connectivity index (χ0v) is 9.02. The van der Waals surface area contributed by atoms with Crippen molar-refractivity contribution in [2.75, 3.05) is 14.2 Å². The Balaban J connectivity index is 2.26. The molecule has 4 nitrogen and oxygen atoms in total. The fraction of sp³-hybridized carbons (Fsp3) is 0.167. The lowest BCUT2D eigenvalue weighted by atomic mass is 10.3. The van der Waals surface area contributed by atoms with E-state index in [2.05, 4.69) is 6.26 Å². The molecule has 1 heterocycles. The first-order valence-corrected chi connectivity index (χ1v) is 4.68. The molecule has 0 bridgehead atoms. The summed E-state index contributed by atoms with van der Waals surface area (Å²) in [6.07, 6.45) is 4.01. The molecule has 0 aliphatic rings. The van der Waals surface area contributed by atoms with E-state index in [4.69, 9.17) is 18.6 Å². The van der Waals surface area contributed by atoms with Gasteiger partial charge < -0.3 is 18.6 Å². The van der Waals surface area contributed by atoms with Crippen LogP contribution in [0.1, 0.15) is 0 Å². The van der Waals surface area contributed by atoms with E-state index in [0.29, 0.717) is 23.0 Å². The van der Waals surface area contributed by atoms with Crippen molar-refractivity contribution in [1.29, 1.82) is 0 Å². The summed E-state index contributed by atoms with van der Waals surface area (Å²) in [6.45, 7) is 0. The summed E-state index contributed by atoms with van der Waals surface area (Å²) in [4.78, 5) is 0. The van der Waals surface area contributed by atoms with E-state index in [1.165, 1.54) is 6.26 Å². The van der Waals surface area contributed by atoms with Crippen molar-refractivity contribution >= 4 is 0 Å². The summed E-state index contributed by atoms with van der Waals surface area (Å²) >= 11 is 0.